The molecule has 0 aliphatic carbocycles. The second kappa shape index (κ2) is 7.56. The fraction of sp³-hybridized carbons (Fsp3) is 0.286. The van der Waals surface area contributed by atoms with E-state index < -0.39 is 6.04 Å². The molecule has 2 N–H and O–H groups in total. The molecule has 3 aliphatic rings. The molecule has 3 aliphatic heterocycles. The summed E-state index contributed by atoms with van der Waals surface area (Å²) in [5, 5.41) is 5.46. The number of nitrogens with one attached hydrogen (secondary N) is 2. The number of ether oxygens (including phenoxy) is 2. The Morgan fingerprint density at radius 3 is 2.87 bits per heavy atom. The maximum Gasteiger partial charge on any atom is 0.256 e. The Labute approximate surface area is 176 Å². The molecule has 2 aromatic rings. The van der Waals surface area contributed by atoms with Crippen LogP contribution in [0.15, 0.2) is 42.5 Å². The van der Waals surface area contributed by atoms with Gasteiger partial charge in [-0.15, -0.1) is 11.8 Å². The smallest absolute Gasteiger partial charge is 0.256 e. The Kier molecular flexibility index (Phi) is 4.74. The highest BCUT2D eigenvalue weighted by molar-refractivity contribution is 7.99. The lowest BCUT2D eigenvalue weighted by atomic mass is 10.1. The largest absolute Gasteiger partial charge is 0.454 e. The highest BCUT2D eigenvalue weighted by Gasteiger charge is 2.48. The number of anilines is 1. The lowest BCUT2D eigenvalue weighted by molar-refractivity contribution is -0.124. The van der Waals surface area contributed by atoms with E-state index in [1.165, 1.54) is 0 Å². The zero-order valence-corrected chi connectivity index (χ0v) is 16.7. The molecular weight excluding hydrogens is 406 g/mol. The van der Waals surface area contributed by atoms with Crippen molar-refractivity contribution in [1.29, 1.82) is 0 Å². The SMILES string of the molecule is O=C(CCNC(=O)[C@H]1CS[C@@H]2c3ccccc3C(=O)N12)Nc1ccc2c(c1)OCO2. The molecule has 1 saturated heterocycles. The third-order valence-electron chi connectivity index (χ3n) is 5.30. The lowest BCUT2D eigenvalue weighted by Crippen LogP contribution is -2.46. The molecule has 0 radical (unpaired) electrons. The molecule has 154 valence electrons. The van der Waals surface area contributed by atoms with Gasteiger partial charge in [-0.25, -0.2) is 0 Å². The molecule has 0 bridgehead atoms. The summed E-state index contributed by atoms with van der Waals surface area (Å²) < 4.78 is 10.5. The van der Waals surface area contributed by atoms with Gasteiger partial charge in [0.05, 0.1) is 0 Å². The van der Waals surface area contributed by atoms with Gasteiger partial charge in [-0.05, 0) is 23.8 Å². The highest BCUT2D eigenvalue weighted by atomic mass is 32.2. The lowest BCUT2D eigenvalue weighted by Gasteiger charge is -2.22. The van der Waals surface area contributed by atoms with E-state index in [0.717, 1.165) is 5.56 Å². The van der Waals surface area contributed by atoms with Crippen LogP contribution in [0.4, 0.5) is 5.69 Å². The number of rotatable bonds is 5. The van der Waals surface area contributed by atoms with E-state index in [0.29, 0.717) is 28.5 Å². The first-order valence-electron chi connectivity index (χ1n) is 9.62. The quantitative estimate of drug-likeness (QED) is 0.762. The van der Waals surface area contributed by atoms with E-state index in [-0.39, 0.29) is 42.9 Å². The van der Waals surface area contributed by atoms with Crippen molar-refractivity contribution in [2.45, 2.75) is 17.8 Å². The fourth-order valence-electron chi connectivity index (χ4n) is 3.86. The van der Waals surface area contributed by atoms with E-state index in [1.807, 2.05) is 18.2 Å². The van der Waals surface area contributed by atoms with E-state index in [9.17, 15) is 14.4 Å². The van der Waals surface area contributed by atoms with Gasteiger partial charge in [-0.2, -0.15) is 0 Å². The van der Waals surface area contributed by atoms with Crippen LogP contribution in [0.2, 0.25) is 0 Å². The van der Waals surface area contributed by atoms with Crippen molar-refractivity contribution < 1.29 is 23.9 Å². The zero-order valence-electron chi connectivity index (χ0n) is 15.9. The van der Waals surface area contributed by atoms with E-state index in [1.54, 1.807) is 40.9 Å². The Morgan fingerprint density at radius 1 is 1.13 bits per heavy atom. The van der Waals surface area contributed by atoms with Gasteiger partial charge < -0.3 is 25.0 Å². The van der Waals surface area contributed by atoms with Crippen molar-refractivity contribution in [3.05, 3.63) is 53.6 Å². The minimum Gasteiger partial charge on any atom is -0.454 e. The standard InChI is InChI=1S/C21H19N3O5S/c25-18(23-12-5-6-16-17(9-12)29-11-28-16)7-8-22-19(26)15-10-30-21-14-4-2-1-3-13(14)20(27)24(15)21/h1-6,9,15,21H,7-8,10-11H2,(H,22,26)(H,23,25)/t15-,21-/m1/s1. The first-order valence-corrected chi connectivity index (χ1v) is 10.7. The summed E-state index contributed by atoms with van der Waals surface area (Å²) in [6.45, 7) is 0.361. The van der Waals surface area contributed by atoms with Crippen LogP contribution < -0.4 is 20.1 Å². The predicted octanol–water partition coefficient (Wildman–Crippen LogP) is 2.13. The summed E-state index contributed by atoms with van der Waals surface area (Å²) in [7, 11) is 0. The molecule has 30 heavy (non-hydrogen) atoms. The number of nitrogens with zero attached hydrogens (tertiary/aromatic N) is 1. The van der Waals surface area contributed by atoms with Crippen molar-refractivity contribution in [2.75, 3.05) is 24.4 Å². The molecule has 0 saturated carbocycles. The molecule has 2 atom stereocenters. The molecule has 3 heterocycles. The maximum atomic E-state index is 12.7. The summed E-state index contributed by atoms with van der Waals surface area (Å²) in [5.74, 6) is 1.21. The van der Waals surface area contributed by atoms with Crippen LogP contribution in [0.25, 0.3) is 0 Å². The molecule has 5 rings (SSSR count). The van der Waals surface area contributed by atoms with Crippen molar-refractivity contribution in [3.8, 4) is 11.5 Å². The third kappa shape index (κ3) is 3.24. The van der Waals surface area contributed by atoms with Gasteiger partial charge in [-0.3, -0.25) is 14.4 Å². The molecule has 0 spiro atoms. The summed E-state index contributed by atoms with van der Waals surface area (Å²) >= 11 is 1.59. The molecular formula is C21H19N3O5S. The Balaban J connectivity index is 1.14. The normalized spacial score (nSPS) is 20.7. The summed E-state index contributed by atoms with van der Waals surface area (Å²) in [6, 6.07) is 12.1. The van der Waals surface area contributed by atoms with Gasteiger partial charge in [0.15, 0.2) is 11.5 Å². The molecule has 0 unspecified atom stereocenters. The minimum atomic E-state index is -0.531. The fourth-order valence-corrected chi connectivity index (χ4v) is 5.32. The molecule has 3 amide bonds. The van der Waals surface area contributed by atoms with Crippen LogP contribution >= 0.6 is 11.8 Å². The van der Waals surface area contributed by atoms with Gasteiger partial charge in [-0.1, -0.05) is 18.2 Å². The van der Waals surface area contributed by atoms with E-state index >= 15 is 0 Å². The second-order valence-electron chi connectivity index (χ2n) is 7.16. The van der Waals surface area contributed by atoms with Crippen LogP contribution in [0, 0.1) is 0 Å². The van der Waals surface area contributed by atoms with Crippen LogP contribution in [0.1, 0.15) is 27.7 Å². The average Bonchev–Trinajstić information content (AvgIpc) is 3.45. The van der Waals surface area contributed by atoms with Crippen molar-refractivity contribution >= 4 is 35.2 Å². The number of hydrogen-bond acceptors (Lipinski definition) is 6. The Hall–Kier alpha value is -3.20. The van der Waals surface area contributed by atoms with Crippen molar-refractivity contribution in [3.63, 3.8) is 0 Å². The third-order valence-corrected chi connectivity index (χ3v) is 6.61. The number of amides is 3. The summed E-state index contributed by atoms with van der Waals surface area (Å²) in [6.07, 6.45) is 0.123. The van der Waals surface area contributed by atoms with Crippen LogP contribution in [0.5, 0.6) is 11.5 Å². The summed E-state index contributed by atoms with van der Waals surface area (Å²) in [4.78, 5) is 39.2. The number of carbonyl (C=O) groups is 3. The maximum absolute atomic E-state index is 12.7. The topological polar surface area (TPSA) is 97.0 Å². The molecule has 8 nitrogen and oxygen atoms in total. The van der Waals surface area contributed by atoms with Gasteiger partial charge in [0.25, 0.3) is 5.91 Å². The first kappa shape index (κ1) is 18.8. The van der Waals surface area contributed by atoms with Crippen LogP contribution in [-0.4, -0.2) is 47.8 Å². The first-order chi connectivity index (χ1) is 14.6. The van der Waals surface area contributed by atoms with Gasteiger partial charge >= 0.3 is 0 Å². The van der Waals surface area contributed by atoms with Gasteiger partial charge in [0, 0.05) is 36.0 Å². The van der Waals surface area contributed by atoms with Crippen molar-refractivity contribution in [2.24, 2.45) is 0 Å². The van der Waals surface area contributed by atoms with E-state index in [2.05, 4.69) is 10.6 Å². The van der Waals surface area contributed by atoms with Gasteiger partial charge in [0.2, 0.25) is 18.6 Å². The van der Waals surface area contributed by atoms with Crippen molar-refractivity contribution in [1.82, 2.24) is 10.2 Å². The number of hydrogen-bond donors (Lipinski definition) is 2. The predicted molar refractivity (Wildman–Crippen MR) is 110 cm³/mol. The number of carbonyl (C=O) groups excluding carboxylic acids is 3. The molecule has 0 aromatic heterocycles. The van der Waals surface area contributed by atoms with E-state index in [4.69, 9.17) is 9.47 Å². The Bertz CT molecular complexity index is 1040. The van der Waals surface area contributed by atoms with Crippen LogP contribution in [-0.2, 0) is 9.59 Å². The summed E-state index contributed by atoms with van der Waals surface area (Å²) in [5.41, 5.74) is 2.23. The minimum absolute atomic E-state index is 0.110. The molecule has 2 aromatic carbocycles. The molecule has 1 fully saturated rings. The zero-order chi connectivity index (χ0) is 20.7. The number of thioether (sulfide) groups is 1. The molecule has 9 heteroatoms. The highest BCUT2D eigenvalue weighted by Crippen LogP contribution is 2.48. The Morgan fingerprint density at radius 2 is 1.97 bits per heavy atom. The number of fused-ring (bicyclic) bond motifs is 4. The second-order valence-corrected chi connectivity index (χ2v) is 8.27. The monoisotopic (exact) mass is 425 g/mol. The van der Waals surface area contributed by atoms with Gasteiger partial charge in [0.1, 0.15) is 11.4 Å². The average molecular weight is 425 g/mol. The van der Waals surface area contributed by atoms with Crippen LogP contribution in [0.3, 0.4) is 0 Å². The number of benzene rings is 2.